The number of phenolic OH excluding ortho intramolecular Hbond substituents is 1. The first-order valence-electron chi connectivity index (χ1n) is 24.1. The molecule has 0 aliphatic heterocycles. The third-order valence-electron chi connectivity index (χ3n) is 11.3. The zero-order valence-electron chi connectivity index (χ0n) is 43.5. The number of rotatable bonds is 6. The maximum atomic E-state index is 12.0. The SMILES string of the molecule is [2H]c1nc(-c2cc(-c3cccc4c3nc(-c3cc(C(C)(C)C)cc(C)c3O)n4-c3ccc(C(C)(C)C)cc3-c3ccccc3)cc(C(C)(C)C)c2)c([2H])c(-c2c([2H])c([2H])c(C)c([2H])c2[2H])c1[2H]. The molecular formula is C56H57N3O. The highest BCUT2D eigenvalue weighted by atomic mass is 16.3. The Morgan fingerprint density at radius 1 is 0.550 bits per heavy atom. The van der Waals surface area contributed by atoms with Crippen LogP contribution in [0.1, 0.15) is 99.7 Å². The van der Waals surface area contributed by atoms with Gasteiger partial charge in [0.25, 0.3) is 0 Å². The molecule has 0 atom stereocenters. The predicted molar refractivity (Wildman–Crippen MR) is 253 cm³/mol. The summed E-state index contributed by atoms with van der Waals surface area (Å²) < 4.78 is 64.2. The van der Waals surface area contributed by atoms with E-state index < -0.39 is 17.6 Å². The first-order chi connectivity index (χ1) is 31.3. The van der Waals surface area contributed by atoms with Crippen LogP contribution in [0, 0.1) is 13.8 Å². The van der Waals surface area contributed by atoms with E-state index in [0.29, 0.717) is 22.5 Å². The minimum absolute atomic E-state index is 0.0741. The lowest BCUT2D eigenvalue weighted by Gasteiger charge is -2.24. The lowest BCUT2D eigenvalue weighted by atomic mass is 9.83. The summed E-state index contributed by atoms with van der Waals surface area (Å²) >= 11 is 0. The largest absolute Gasteiger partial charge is 0.507 e. The fourth-order valence-corrected chi connectivity index (χ4v) is 7.62. The molecule has 8 rings (SSSR count). The molecule has 1 N–H and O–H groups in total. The van der Waals surface area contributed by atoms with Gasteiger partial charge in [0.05, 0.1) is 37.6 Å². The van der Waals surface area contributed by atoms with E-state index in [4.69, 9.17) is 13.2 Å². The van der Waals surface area contributed by atoms with Gasteiger partial charge >= 0.3 is 0 Å². The first-order valence-corrected chi connectivity index (χ1v) is 20.6. The molecule has 4 heteroatoms. The number of para-hydroxylation sites is 1. The quantitative estimate of drug-likeness (QED) is 0.182. The molecule has 2 aromatic heterocycles. The summed E-state index contributed by atoms with van der Waals surface area (Å²) in [4.78, 5) is 10.0. The van der Waals surface area contributed by atoms with E-state index in [9.17, 15) is 6.48 Å². The molecule has 0 amide bonds. The van der Waals surface area contributed by atoms with Crippen LogP contribution in [0.25, 0.3) is 72.7 Å². The molecule has 4 nitrogen and oxygen atoms in total. The number of phenols is 1. The van der Waals surface area contributed by atoms with E-state index in [1.165, 1.54) is 12.5 Å². The number of imidazole rings is 1. The Balaban J connectivity index is 1.47. The number of aryl methyl sites for hydroxylation is 1. The van der Waals surface area contributed by atoms with Crippen LogP contribution in [0.3, 0.4) is 0 Å². The highest BCUT2D eigenvalue weighted by Crippen LogP contribution is 2.44. The van der Waals surface area contributed by atoms with Gasteiger partial charge in [-0.05, 0) is 123 Å². The van der Waals surface area contributed by atoms with Gasteiger partial charge in [0, 0.05) is 22.9 Å². The van der Waals surface area contributed by atoms with Crippen LogP contribution < -0.4 is 0 Å². The summed E-state index contributed by atoms with van der Waals surface area (Å²) in [5.74, 6) is 0.699. The van der Waals surface area contributed by atoms with Gasteiger partial charge in [0.1, 0.15) is 11.6 Å². The molecule has 0 spiro atoms. The fraction of sp³-hybridized carbons (Fsp3) is 0.250. The fourth-order valence-electron chi connectivity index (χ4n) is 7.62. The first kappa shape index (κ1) is 32.6. The zero-order valence-corrected chi connectivity index (χ0v) is 36.5. The van der Waals surface area contributed by atoms with Gasteiger partial charge in [-0.3, -0.25) is 9.55 Å². The molecule has 6 aromatic carbocycles. The highest BCUT2D eigenvalue weighted by Gasteiger charge is 2.27. The summed E-state index contributed by atoms with van der Waals surface area (Å²) in [7, 11) is 0. The Kier molecular flexibility index (Phi) is 8.19. The molecule has 0 radical (unpaired) electrons. The molecule has 0 aliphatic rings. The molecule has 0 saturated carbocycles. The van der Waals surface area contributed by atoms with Crippen LogP contribution in [0.15, 0.2) is 139 Å². The van der Waals surface area contributed by atoms with Crippen molar-refractivity contribution >= 4 is 11.0 Å². The monoisotopic (exact) mass is 794 g/mol. The zero-order chi connectivity index (χ0) is 48.8. The average molecular weight is 795 g/mol. The van der Waals surface area contributed by atoms with Gasteiger partial charge in [-0.2, -0.15) is 0 Å². The third kappa shape index (κ3) is 7.79. The summed E-state index contributed by atoms with van der Waals surface area (Å²) in [6.07, 6.45) is -0.453. The molecule has 8 aromatic rings. The van der Waals surface area contributed by atoms with Crippen LogP contribution in [0.4, 0.5) is 0 Å². The number of hydrogen-bond donors (Lipinski definition) is 1. The number of aromatic hydroxyl groups is 1. The van der Waals surface area contributed by atoms with Gasteiger partial charge in [-0.25, -0.2) is 4.98 Å². The van der Waals surface area contributed by atoms with Crippen molar-refractivity contribution in [3.8, 4) is 67.5 Å². The maximum Gasteiger partial charge on any atom is 0.149 e. The van der Waals surface area contributed by atoms with Crippen molar-refractivity contribution in [1.82, 2.24) is 14.5 Å². The van der Waals surface area contributed by atoms with Gasteiger partial charge < -0.3 is 5.11 Å². The second-order valence-corrected chi connectivity index (χ2v) is 19.0. The van der Waals surface area contributed by atoms with Crippen molar-refractivity contribution < 1.29 is 14.7 Å². The highest BCUT2D eigenvalue weighted by molar-refractivity contribution is 5.98. The van der Waals surface area contributed by atoms with Gasteiger partial charge in [-0.1, -0.05) is 153 Å². The summed E-state index contributed by atoms with van der Waals surface area (Å²) in [6, 6.07) is 30.9. The van der Waals surface area contributed by atoms with Crippen LogP contribution in [0.2, 0.25) is 0 Å². The van der Waals surface area contributed by atoms with Crippen LogP contribution in [-0.4, -0.2) is 19.6 Å². The third-order valence-corrected chi connectivity index (χ3v) is 11.3. The van der Waals surface area contributed by atoms with E-state index in [0.717, 1.165) is 50.1 Å². The van der Waals surface area contributed by atoms with Crippen molar-refractivity contribution in [2.75, 3.05) is 0 Å². The van der Waals surface area contributed by atoms with Crippen molar-refractivity contribution in [2.45, 2.75) is 92.4 Å². The van der Waals surface area contributed by atoms with E-state index in [1.807, 2.05) is 67.6 Å². The maximum absolute atomic E-state index is 12.0. The Hall–Kier alpha value is -6.26. The average Bonchev–Trinajstić information content (AvgIpc) is 3.66. The number of nitrogens with zero attached hydrogens (tertiary/aromatic N) is 3. The topological polar surface area (TPSA) is 50.9 Å². The summed E-state index contributed by atoms with van der Waals surface area (Å²) in [5, 5.41) is 12.0. The van der Waals surface area contributed by atoms with Crippen molar-refractivity contribution in [3.05, 3.63) is 167 Å². The molecule has 0 fully saturated rings. The molecular weight excluding hydrogens is 731 g/mol. The van der Waals surface area contributed by atoms with Gasteiger partial charge in [-0.15, -0.1) is 0 Å². The van der Waals surface area contributed by atoms with Crippen molar-refractivity contribution in [1.29, 1.82) is 0 Å². The molecule has 0 saturated heterocycles. The van der Waals surface area contributed by atoms with E-state index in [1.54, 1.807) is 0 Å². The Bertz CT molecular complexity index is 3270. The smallest absolute Gasteiger partial charge is 0.149 e. The number of pyridine rings is 1. The number of benzene rings is 6. The van der Waals surface area contributed by atoms with Gasteiger partial charge in [0.2, 0.25) is 0 Å². The second kappa shape index (κ2) is 15.1. The minimum atomic E-state index is -0.453. The molecule has 60 heavy (non-hydrogen) atoms. The number of hydrogen-bond acceptors (Lipinski definition) is 3. The lowest BCUT2D eigenvalue weighted by molar-refractivity contribution is 0.471. The minimum Gasteiger partial charge on any atom is -0.507 e. The standard InChI is InChI=1S/C56H57N3O/c1-35-20-22-37(23-21-35)39-26-27-57-48(32-39)41-29-40(30-44(31-41)56(9,10)11)45-18-15-19-50-51(45)58-53(47-34-43(55(6,7)8)28-36(2)52(47)60)59(50)49-25-24-42(54(3,4)5)33-46(49)38-16-13-12-14-17-38/h12-34,60H,1-11H3/i20D,21D,22D,23D,26D,27D,32D. The van der Waals surface area contributed by atoms with Crippen molar-refractivity contribution in [2.24, 2.45) is 0 Å². The van der Waals surface area contributed by atoms with Gasteiger partial charge in [0.15, 0.2) is 0 Å². The second-order valence-electron chi connectivity index (χ2n) is 19.0. The Morgan fingerprint density at radius 2 is 1.20 bits per heavy atom. The summed E-state index contributed by atoms with van der Waals surface area (Å²) in [6.45, 7) is 22.8. The molecule has 302 valence electrons. The lowest BCUT2D eigenvalue weighted by Crippen LogP contribution is -2.13. The van der Waals surface area contributed by atoms with Crippen LogP contribution in [-0.2, 0) is 16.2 Å². The van der Waals surface area contributed by atoms with E-state index in [2.05, 4.69) is 108 Å². The molecule has 0 unspecified atom stereocenters. The Labute approximate surface area is 366 Å². The number of aromatic nitrogens is 3. The predicted octanol–water partition coefficient (Wildman–Crippen LogP) is 15.0. The molecule has 0 aliphatic carbocycles. The van der Waals surface area contributed by atoms with E-state index >= 15 is 0 Å². The van der Waals surface area contributed by atoms with Crippen LogP contribution in [0.5, 0.6) is 5.75 Å². The normalized spacial score (nSPS) is 13.9. The number of fused-ring (bicyclic) bond motifs is 1. The molecule has 2 heterocycles. The van der Waals surface area contributed by atoms with E-state index in [-0.39, 0.29) is 69.2 Å². The summed E-state index contributed by atoms with van der Waals surface area (Å²) in [5.41, 5.74) is 9.89. The van der Waals surface area contributed by atoms with Crippen LogP contribution >= 0.6 is 0 Å². The van der Waals surface area contributed by atoms with Crippen molar-refractivity contribution in [3.63, 3.8) is 0 Å². The molecule has 0 bridgehead atoms. The Morgan fingerprint density at radius 3 is 1.88 bits per heavy atom.